The number of allylic oxidation sites excluding steroid dienone is 3. The summed E-state index contributed by atoms with van der Waals surface area (Å²) in [6.45, 7) is 14.8. The number of fused-ring (bicyclic) bond motifs is 1. The molecule has 150 valence electrons. The van der Waals surface area contributed by atoms with Gasteiger partial charge in [-0.2, -0.15) is 0 Å². The summed E-state index contributed by atoms with van der Waals surface area (Å²) in [6, 6.07) is 3.83. The predicted molar refractivity (Wildman–Crippen MR) is 106 cm³/mol. The van der Waals surface area contributed by atoms with Crippen LogP contribution in [-0.4, -0.2) is 12.6 Å². The van der Waals surface area contributed by atoms with Crippen molar-refractivity contribution in [2.75, 3.05) is 6.61 Å². The van der Waals surface area contributed by atoms with Crippen molar-refractivity contribution in [1.29, 1.82) is 0 Å². The van der Waals surface area contributed by atoms with Gasteiger partial charge in [-0.05, 0) is 38.8 Å². The van der Waals surface area contributed by atoms with Crippen LogP contribution in [0.1, 0.15) is 44.4 Å². The standard InChI is InChI=1S/C22H21FN2O4/c1-6-9-28-22(27)17-12(3)25-13(4)20(24-5)18(17)14-7-8-15(23)19-16(26)10-11(2)29-21(14)19/h7-8,10,18,25H,6,9H2,1-4H3. The summed E-state index contributed by atoms with van der Waals surface area (Å²) in [4.78, 5) is 28.9. The maximum absolute atomic E-state index is 14.4. The maximum atomic E-state index is 14.4. The smallest absolute Gasteiger partial charge is 0.335 e. The van der Waals surface area contributed by atoms with E-state index in [9.17, 15) is 14.0 Å². The summed E-state index contributed by atoms with van der Waals surface area (Å²) in [7, 11) is 0. The first-order valence-corrected chi connectivity index (χ1v) is 9.26. The number of nitrogens with one attached hydrogen (secondary N) is 1. The van der Waals surface area contributed by atoms with Crippen LogP contribution in [0.25, 0.3) is 15.8 Å². The molecule has 2 aromatic rings. The van der Waals surface area contributed by atoms with E-state index in [1.165, 1.54) is 12.1 Å². The van der Waals surface area contributed by atoms with E-state index in [1.54, 1.807) is 20.8 Å². The number of halogens is 1. The van der Waals surface area contributed by atoms with Gasteiger partial charge in [0, 0.05) is 17.5 Å². The second-order valence-corrected chi connectivity index (χ2v) is 6.92. The summed E-state index contributed by atoms with van der Waals surface area (Å²) in [5, 5.41) is 2.85. The first kappa shape index (κ1) is 20.3. The zero-order chi connectivity index (χ0) is 21.3. The molecule has 0 saturated heterocycles. The minimum atomic E-state index is -0.842. The Morgan fingerprint density at radius 3 is 2.69 bits per heavy atom. The Bertz CT molecular complexity index is 1170. The Balaban J connectivity index is 2.34. The van der Waals surface area contributed by atoms with Crippen LogP contribution in [0.2, 0.25) is 0 Å². The number of dihydropyridines is 1. The lowest BCUT2D eigenvalue weighted by molar-refractivity contribution is -0.139. The summed E-state index contributed by atoms with van der Waals surface area (Å²) in [5.41, 5.74) is 1.50. The van der Waals surface area contributed by atoms with Crippen LogP contribution < -0.4 is 10.7 Å². The summed E-state index contributed by atoms with van der Waals surface area (Å²) in [5.74, 6) is -1.81. The molecule has 1 N–H and O–H groups in total. The van der Waals surface area contributed by atoms with E-state index in [2.05, 4.69) is 10.2 Å². The largest absolute Gasteiger partial charge is 0.462 e. The topological polar surface area (TPSA) is 72.9 Å². The molecule has 0 amide bonds. The average Bonchev–Trinajstić information content (AvgIpc) is 2.65. The molecule has 1 atom stereocenters. The number of hydrogen-bond donors (Lipinski definition) is 1. The van der Waals surface area contributed by atoms with Crippen molar-refractivity contribution in [2.45, 2.75) is 40.0 Å². The minimum absolute atomic E-state index is 0.0319. The number of ether oxygens (including phenoxy) is 1. The molecule has 3 rings (SSSR count). The molecule has 1 aliphatic heterocycles. The molecule has 6 nitrogen and oxygen atoms in total. The molecule has 1 aromatic carbocycles. The normalized spacial score (nSPS) is 16.6. The minimum Gasteiger partial charge on any atom is -0.462 e. The molecule has 1 aromatic heterocycles. The quantitative estimate of drug-likeness (QED) is 0.616. The summed E-state index contributed by atoms with van der Waals surface area (Å²) < 4.78 is 25.5. The SMILES string of the molecule is [C-]#[N+]C1=C(C)NC(C)=C(C(=O)OCCC)C1c1ccc(F)c2c(=O)cc(C)oc12. The number of rotatable bonds is 4. The molecule has 1 aliphatic rings. The van der Waals surface area contributed by atoms with E-state index in [-0.39, 0.29) is 28.8 Å². The van der Waals surface area contributed by atoms with Gasteiger partial charge >= 0.3 is 5.97 Å². The molecule has 0 bridgehead atoms. The van der Waals surface area contributed by atoms with Gasteiger partial charge in [-0.3, -0.25) is 4.79 Å². The average molecular weight is 396 g/mol. The van der Waals surface area contributed by atoms with Crippen molar-refractivity contribution < 1.29 is 18.3 Å². The van der Waals surface area contributed by atoms with Gasteiger partial charge in [-0.1, -0.05) is 13.0 Å². The maximum Gasteiger partial charge on any atom is 0.335 e. The van der Waals surface area contributed by atoms with E-state index in [4.69, 9.17) is 15.7 Å². The van der Waals surface area contributed by atoms with Gasteiger partial charge in [0.15, 0.2) is 11.1 Å². The van der Waals surface area contributed by atoms with Gasteiger partial charge in [0.25, 0.3) is 0 Å². The molecular weight excluding hydrogens is 375 g/mol. The Morgan fingerprint density at radius 1 is 1.31 bits per heavy atom. The van der Waals surface area contributed by atoms with E-state index in [0.29, 0.717) is 29.1 Å². The zero-order valence-electron chi connectivity index (χ0n) is 16.7. The second-order valence-electron chi connectivity index (χ2n) is 6.92. The van der Waals surface area contributed by atoms with Gasteiger partial charge in [0.1, 0.15) is 22.5 Å². The van der Waals surface area contributed by atoms with Gasteiger partial charge in [0.05, 0.1) is 24.7 Å². The van der Waals surface area contributed by atoms with Crippen molar-refractivity contribution in [3.63, 3.8) is 0 Å². The van der Waals surface area contributed by atoms with Crippen LogP contribution in [-0.2, 0) is 9.53 Å². The number of carbonyl (C=O) groups is 1. The number of hydrogen-bond acceptors (Lipinski definition) is 5. The third-order valence-electron chi connectivity index (χ3n) is 4.80. The van der Waals surface area contributed by atoms with Crippen LogP contribution in [0.3, 0.4) is 0 Å². The lowest BCUT2D eigenvalue weighted by Crippen LogP contribution is -2.28. The third-order valence-corrected chi connectivity index (χ3v) is 4.80. The van der Waals surface area contributed by atoms with E-state index < -0.39 is 23.1 Å². The number of nitrogens with zero attached hydrogens (tertiary/aromatic N) is 1. The van der Waals surface area contributed by atoms with Crippen LogP contribution in [0.15, 0.2) is 50.1 Å². The summed E-state index contributed by atoms with van der Waals surface area (Å²) in [6.07, 6.45) is 0.647. The molecular formula is C22H21FN2O4. The van der Waals surface area contributed by atoms with Gasteiger partial charge < -0.3 is 14.5 Å². The number of benzene rings is 1. The Hall–Kier alpha value is -3.40. The molecule has 0 saturated carbocycles. The number of aryl methyl sites for hydroxylation is 1. The Kier molecular flexibility index (Phi) is 5.55. The number of carbonyl (C=O) groups excluding carboxylic acids is 1. The Morgan fingerprint density at radius 2 is 2.03 bits per heavy atom. The van der Waals surface area contributed by atoms with E-state index >= 15 is 0 Å². The molecule has 2 heterocycles. The zero-order valence-corrected chi connectivity index (χ0v) is 16.7. The lowest BCUT2D eigenvalue weighted by Gasteiger charge is -2.28. The monoisotopic (exact) mass is 396 g/mol. The third kappa shape index (κ3) is 3.54. The highest BCUT2D eigenvalue weighted by atomic mass is 19.1. The summed E-state index contributed by atoms with van der Waals surface area (Å²) >= 11 is 0. The van der Waals surface area contributed by atoms with Crippen LogP contribution in [0, 0.1) is 19.3 Å². The fourth-order valence-electron chi connectivity index (χ4n) is 3.57. The molecule has 1 unspecified atom stereocenters. The van der Waals surface area contributed by atoms with Crippen LogP contribution in [0.4, 0.5) is 4.39 Å². The second kappa shape index (κ2) is 7.92. The van der Waals surface area contributed by atoms with Crippen molar-refractivity contribution >= 4 is 16.9 Å². The molecule has 7 heteroatoms. The van der Waals surface area contributed by atoms with Crippen molar-refractivity contribution in [3.05, 3.63) is 79.6 Å². The molecule has 0 fully saturated rings. The van der Waals surface area contributed by atoms with E-state index in [1.807, 2.05) is 6.92 Å². The highest BCUT2D eigenvalue weighted by Gasteiger charge is 2.36. The van der Waals surface area contributed by atoms with Gasteiger partial charge in [0.2, 0.25) is 0 Å². The van der Waals surface area contributed by atoms with E-state index in [0.717, 1.165) is 6.07 Å². The number of esters is 1. The fraction of sp³-hybridized carbons (Fsp3) is 0.318. The molecule has 0 aliphatic carbocycles. The van der Waals surface area contributed by atoms with Gasteiger partial charge in [-0.25, -0.2) is 14.0 Å². The Labute approximate surface area is 167 Å². The van der Waals surface area contributed by atoms with Crippen LogP contribution >= 0.6 is 0 Å². The molecule has 0 spiro atoms. The first-order chi connectivity index (χ1) is 13.8. The molecule has 0 radical (unpaired) electrons. The van der Waals surface area contributed by atoms with Crippen LogP contribution in [0.5, 0.6) is 0 Å². The fourth-order valence-corrected chi connectivity index (χ4v) is 3.57. The molecule has 29 heavy (non-hydrogen) atoms. The highest BCUT2D eigenvalue weighted by molar-refractivity contribution is 5.94. The van der Waals surface area contributed by atoms with Gasteiger partial charge in [-0.15, -0.1) is 0 Å². The lowest BCUT2D eigenvalue weighted by atomic mass is 9.83. The first-order valence-electron chi connectivity index (χ1n) is 9.26. The van der Waals surface area contributed by atoms with Crippen molar-refractivity contribution in [1.82, 2.24) is 5.32 Å². The van der Waals surface area contributed by atoms with Crippen molar-refractivity contribution in [3.8, 4) is 0 Å². The van der Waals surface area contributed by atoms with Crippen molar-refractivity contribution in [2.24, 2.45) is 0 Å². The highest BCUT2D eigenvalue weighted by Crippen LogP contribution is 2.42. The predicted octanol–water partition coefficient (Wildman–Crippen LogP) is 4.31.